The van der Waals surface area contributed by atoms with E-state index in [-0.39, 0.29) is 6.04 Å². The van der Waals surface area contributed by atoms with Gasteiger partial charge in [0.25, 0.3) is 0 Å². The van der Waals surface area contributed by atoms with Gasteiger partial charge in [-0.1, -0.05) is 6.92 Å². The van der Waals surface area contributed by atoms with Crippen LogP contribution in [-0.4, -0.2) is 44.4 Å². The molecule has 1 unspecified atom stereocenters. The predicted octanol–water partition coefficient (Wildman–Crippen LogP) is 1.96. The van der Waals surface area contributed by atoms with Crippen molar-refractivity contribution in [1.29, 1.82) is 0 Å². The van der Waals surface area contributed by atoms with Gasteiger partial charge in [-0.2, -0.15) is 4.98 Å². The molecule has 0 saturated heterocycles. The molecule has 0 amide bonds. The Hall–Kier alpha value is -1.40. The number of methoxy groups -OCH3 is 3. The van der Waals surface area contributed by atoms with Gasteiger partial charge in [-0.25, -0.2) is 4.98 Å². The van der Waals surface area contributed by atoms with Crippen LogP contribution in [0.15, 0.2) is 6.20 Å². The fourth-order valence-electron chi connectivity index (χ4n) is 1.94. The van der Waals surface area contributed by atoms with Crippen LogP contribution >= 0.6 is 0 Å². The highest BCUT2D eigenvalue weighted by atomic mass is 16.5. The summed E-state index contributed by atoms with van der Waals surface area (Å²) < 4.78 is 15.5. The standard InChI is InChI=1S/C14H25N3O3/c1-5-8-15-11(7-6-9-18-2)13-14(20-4)17-12(19-3)10-16-13/h10-11,15H,5-9H2,1-4H3. The molecular formula is C14H25N3O3. The van der Waals surface area contributed by atoms with Crippen molar-refractivity contribution in [2.45, 2.75) is 32.2 Å². The summed E-state index contributed by atoms with van der Waals surface area (Å²) >= 11 is 0. The average molecular weight is 283 g/mol. The molecule has 0 fully saturated rings. The lowest BCUT2D eigenvalue weighted by molar-refractivity contribution is 0.188. The first-order valence-corrected chi connectivity index (χ1v) is 6.94. The Labute approximate surface area is 120 Å². The average Bonchev–Trinajstić information content (AvgIpc) is 2.50. The number of ether oxygens (including phenoxy) is 3. The fourth-order valence-corrected chi connectivity index (χ4v) is 1.94. The molecular weight excluding hydrogens is 258 g/mol. The van der Waals surface area contributed by atoms with E-state index >= 15 is 0 Å². The largest absolute Gasteiger partial charge is 0.480 e. The molecule has 6 nitrogen and oxygen atoms in total. The lowest BCUT2D eigenvalue weighted by atomic mass is 10.1. The van der Waals surface area contributed by atoms with Crippen LogP contribution in [0.5, 0.6) is 11.8 Å². The lowest BCUT2D eigenvalue weighted by Crippen LogP contribution is -2.24. The molecule has 114 valence electrons. The lowest BCUT2D eigenvalue weighted by Gasteiger charge is -2.19. The van der Waals surface area contributed by atoms with Gasteiger partial charge in [0.15, 0.2) is 0 Å². The maximum atomic E-state index is 5.33. The van der Waals surface area contributed by atoms with Gasteiger partial charge in [0.1, 0.15) is 5.69 Å². The van der Waals surface area contributed by atoms with Crippen LogP contribution < -0.4 is 14.8 Å². The molecule has 0 spiro atoms. The number of nitrogens with one attached hydrogen (secondary N) is 1. The number of nitrogens with zero attached hydrogens (tertiary/aromatic N) is 2. The van der Waals surface area contributed by atoms with Crippen LogP contribution in [0, 0.1) is 0 Å². The summed E-state index contributed by atoms with van der Waals surface area (Å²) in [6.45, 7) is 3.79. The molecule has 1 rings (SSSR count). The van der Waals surface area contributed by atoms with Crippen molar-refractivity contribution in [1.82, 2.24) is 15.3 Å². The highest BCUT2D eigenvalue weighted by Crippen LogP contribution is 2.26. The maximum absolute atomic E-state index is 5.33. The molecule has 0 aliphatic heterocycles. The molecule has 1 aromatic rings. The Kier molecular flexibility index (Phi) is 7.91. The van der Waals surface area contributed by atoms with Crippen LogP contribution in [0.4, 0.5) is 0 Å². The Morgan fingerprint density at radius 1 is 1.25 bits per heavy atom. The molecule has 0 aromatic carbocycles. The van der Waals surface area contributed by atoms with Gasteiger partial charge in [-0.3, -0.25) is 0 Å². The van der Waals surface area contributed by atoms with Crippen LogP contribution in [0.3, 0.4) is 0 Å². The number of aromatic nitrogens is 2. The molecule has 6 heteroatoms. The van der Waals surface area contributed by atoms with Gasteiger partial charge in [0, 0.05) is 13.7 Å². The summed E-state index contributed by atoms with van der Waals surface area (Å²) in [6, 6.07) is 0.110. The van der Waals surface area contributed by atoms with E-state index in [1.54, 1.807) is 27.5 Å². The van der Waals surface area contributed by atoms with Crippen molar-refractivity contribution in [3.63, 3.8) is 0 Å². The quantitative estimate of drug-likeness (QED) is 0.662. The minimum atomic E-state index is 0.110. The first-order valence-electron chi connectivity index (χ1n) is 6.94. The van der Waals surface area contributed by atoms with E-state index < -0.39 is 0 Å². The molecule has 1 heterocycles. The molecule has 0 radical (unpaired) electrons. The van der Waals surface area contributed by atoms with Crippen LogP contribution in [-0.2, 0) is 4.74 Å². The van der Waals surface area contributed by atoms with E-state index in [1.807, 2.05) is 0 Å². The first kappa shape index (κ1) is 16.7. The van der Waals surface area contributed by atoms with Crippen molar-refractivity contribution in [2.24, 2.45) is 0 Å². The monoisotopic (exact) mass is 283 g/mol. The third-order valence-electron chi connectivity index (χ3n) is 2.96. The Bertz CT molecular complexity index is 388. The van der Waals surface area contributed by atoms with Crippen molar-refractivity contribution < 1.29 is 14.2 Å². The third kappa shape index (κ3) is 4.94. The molecule has 0 aliphatic carbocycles. The second kappa shape index (κ2) is 9.50. The Morgan fingerprint density at radius 2 is 2.05 bits per heavy atom. The Balaban J connectivity index is 2.86. The first-order chi connectivity index (χ1) is 9.76. The summed E-state index contributed by atoms with van der Waals surface area (Å²) in [5, 5.41) is 3.48. The molecule has 1 N–H and O–H groups in total. The minimum absolute atomic E-state index is 0.110. The second-order valence-electron chi connectivity index (χ2n) is 4.45. The molecule has 1 atom stereocenters. The third-order valence-corrected chi connectivity index (χ3v) is 2.96. The zero-order chi connectivity index (χ0) is 14.8. The van der Waals surface area contributed by atoms with Crippen LogP contribution in [0.1, 0.15) is 37.9 Å². The normalized spacial score (nSPS) is 12.2. The smallest absolute Gasteiger partial charge is 0.240 e. The summed E-state index contributed by atoms with van der Waals surface area (Å²) in [7, 11) is 4.87. The SMILES string of the molecule is CCCNC(CCCOC)c1ncc(OC)nc1OC. The number of hydrogen-bond acceptors (Lipinski definition) is 6. The van der Waals surface area contributed by atoms with E-state index in [0.717, 1.165) is 38.1 Å². The van der Waals surface area contributed by atoms with E-state index in [1.165, 1.54) is 0 Å². The predicted molar refractivity (Wildman–Crippen MR) is 77.3 cm³/mol. The van der Waals surface area contributed by atoms with E-state index in [0.29, 0.717) is 11.8 Å². The van der Waals surface area contributed by atoms with E-state index in [4.69, 9.17) is 14.2 Å². The van der Waals surface area contributed by atoms with E-state index in [9.17, 15) is 0 Å². The van der Waals surface area contributed by atoms with E-state index in [2.05, 4.69) is 22.2 Å². The van der Waals surface area contributed by atoms with Crippen molar-refractivity contribution in [2.75, 3.05) is 34.5 Å². The van der Waals surface area contributed by atoms with Gasteiger partial charge in [0.05, 0.1) is 26.5 Å². The fraction of sp³-hybridized carbons (Fsp3) is 0.714. The zero-order valence-electron chi connectivity index (χ0n) is 12.8. The number of hydrogen-bond donors (Lipinski definition) is 1. The van der Waals surface area contributed by atoms with Gasteiger partial charge >= 0.3 is 0 Å². The molecule has 20 heavy (non-hydrogen) atoms. The van der Waals surface area contributed by atoms with Gasteiger partial charge in [0.2, 0.25) is 11.8 Å². The van der Waals surface area contributed by atoms with Crippen molar-refractivity contribution in [3.8, 4) is 11.8 Å². The summed E-state index contributed by atoms with van der Waals surface area (Å²) in [5.41, 5.74) is 0.817. The molecule has 0 saturated carbocycles. The summed E-state index contributed by atoms with van der Waals surface area (Å²) in [6.07, 6.45) is 4.56. The van der Waals surface area contributed by atoms with Crippen LogP contribution in [0.25, 0.3) is 0 Å². The van der Waals surface area contributed by atoms with Crippen LogP contribution in [0.2, 0.25) is 0 Å². The molecule has 1 aromatic heterocycles. The minimum Gasteiger partial charge on any atom is -0.480 e. The highest BCUT2D eigenvalue weighted by Gasteiger charge is 2.19. The van der Waals surface area contributed by atoms with Gasteiger partial charge < -0.3 is 19.5 Å². The van der Waals surface area contributed by atoms with Gasteiger partial charge in [-0.05, 0) is 25.8 Å². The van der Waals surface area contributed by atoms with Crippen molar-refractivity contribution >= 4 is 0 Å². The zero-order valence-corrected chi connectivity index (χ0v) is 12.8. The topological polar surface area (TPSA) is 65.5 Å². The molecule has 0 bridgehead atoms. The summed E-state index contributed by atoms with van der Waals surface area (Å²) in [4.78, 5) is 8.73. The maximum Gasteiger partial charge on any atom is 0.240 e. The van der Waals surface area contributed by atoms with Crippen molar-refractivity contribution in [3.05, 3.63) is 11.9 Å². The Morgan fingerprint density at radius 3 is 2.65 bits per heavy atom. The number of rotatable bonds is 10. The van der Waals surface area contributed by atoms with Gasteiger partial charge in [-0.15, -0.1) is 0 Å². The summed E-state index contributed by atoms with van der Waals surface area (Å²) in [5.74, 6) is 0.965. The highest BCUT2D eigenvalue weighted by molar-refractivity contribution is 5.25. The second-order valence-corrected chi connectivity index (χ2v) is 4.45. The molecule has 0 aliphatic rings.